The number of carbonyl (C=O) groups excluding carboxylic acids is 1. The molecule has 0 heterocycles. The first-order valence-electron chi connectivity index (χ1n) is 4.26. The van der Waals surface area contributed by atoms with Crippen molar-refractivity contribution in [3.8, 4) is 0 Å². The topological polar surface area (TPSA) is 17.1 Å². The number of Topliss-reactive ketones (excluding diaryl/α,β-unsaturated/α-hetero) is 1. The molecule has 0 radical (unpaired) electrons. The molecule has 11 heavy (non-hydrogen) atoms. The van der Waals surface area contributed by atoms with Gasteiger partial charge in [-0.3, -0.25) is 4.79 Å². The molecule has 0 spiro atoms. The van der Waals surface area contributed by atoms with Gasteiger partial charge in [0.25, 0.3) is 0 Å². The summed E-state index contributed by atoms with van der Waals surface area (Å²) in [4.78, 5) is 11.5. The molecule has 0 amide bonds. The molecule has 1 saturated carbocycles. The standard InChI is InChI=1S/C10H14O/c1-6-4-5-7-8(9(6)11)10(7,2)3/h4,7-8H,5H2,1-3H3/t7-,8-/m1/s1. The van der Waals surface area contributed by atoms with Gasteiger partial charge in [-0.25, -0.2) is 0 Å². The van der Waals surface area contributed by atoms with Crippen LogP contribution in [-0.2, 0) is 4.79 Å². The summed E-state index contributed by atoms with van der Waals surface area (Å²) in [6.45, 7) is 6.34. The SMILES string of the molecule is CC1=CC[C@@H]2[C@H](C1=O)C2(C)C. The Hall–Kier alpha value is -0.590. The maximum Gasteiger partial charge on any atom is 0.162 e. The summed E-state index contributed by atoms with van der Waals surface area (Å²) in [5.74, 6) is 1.40. The van der Waals surface area contributed by atoms with Crippen molar-refractivity contribution in [2.45, 2.75) is 27.2 Å². The van der Waals surface area contributed by atoms with Gasteiger partial charge in [0.05, 0.1) is 0 Å². The van der Waals surface area contributed by atoms with E-state index in [-0.39, 0.29) is 0 Å². The number of fused-ring (bicyclic) bond motifs is 1. The molecule has 0 aromatic carbocycles. The highest BCUT2D eigenvalue weighted by Gasteiger charge is 2.61. The van der Waals surface area contributed by atoms with E-state index in [0.29, 0.717) is 23.0 Å². The van der Waals surface area contributed by atoms with Gasteiger partial charge in [0.1, 0.15) is 0 Å². The predicted octanol–water partition coefficient (Wildman–Crippen LogP) is 2.18. The zero-order valence-corrected chi connectivity index (χ0v) is 7.35. The number of hydrogen-bond donors (Lipinski definition) is 0. The minimum absolute atomic E-state index is 0.297. The molecule has 0 aromatic rings. The Bertz CT molecular complexity index is 248. The molecule has 1 fully saturated rings. The van der Waals surface area contributed by atoms with Gasteiger partial charge >= 0.3 is 0 Å². The van der Waals surface area contributed by atoms with Crippen LogP contribution >= 0.6 is 0 Å². The number of allylic oxidation sites excluding steroid dienone is 2. The molecule has 2 rings (SSSR count). The molecular formula is C10H14O. The van der Waals surface area contributed by atoms with Gasteiger partial charge in [-0.05, 0) is 30.3 Å². The van der Waals surface area contributed by atoms with E-state index in [1.807, 2.05) is 6.92 Å². The third-order valence-corrected chi connectivity index (χ3v) is 3.40. The maximum atomic E-state index is 11.5. The summed E-state index contributed by atoms with van der Waals surface area (Å²) in [6.07, 6.45) is 3.22. The first kappa shape index (κ1) is 7.08. The van der Waals surface area contributed by atoms with E-state index in [1.165, 1.54) is 0 Å². The molecule has 1 heteroatoms. The second-order valence-electron chi connectivity index (χ2n) is 4.39. The fourth-order valence-corrected chi connectivity index (χ4v) is 2.35. The van der Waals surface area contributed by atoms with Gasteiger partial charge in [-0.1, -0.05) is 19.9 Å². The minimum Gasteiger partial charge on any atom is -0.294 e. The summed E-state index contributed by atoms with van der Waals surface area (Å²) in [6, 6.07) is 0. The van der Waals surface area contributed by atoms with E-state index >= 15 is 0 Å². The molecule has 2 atom stereocenters. The first-order valence-corrected chi connectivity index (χ1v) is 4.26. The molecule has 2 aliphatic rings. The molecule has 60 valence electrons. The highest BCUT2D eigenvalue weighted by Crippen LogP contribution is 2.62. The van der Waals surface area contributed by atoms with Crippen molar-refractivity contribution >= 4 is 5.78 Å². The lowest BCUT2D eigenvalue weighted by molar-refractivity contribution is -0.117. The fraction of sp³-hybridized carbons (Fsp3) is 0.700. The quantitative estimate of drug-likeness (QED) is 0.517. The molecule has 0 saturated heterocycles. The number of carbonyl (C=O) groups is 1. The van der Waals surface area contributed by atoms with Crippen molar-refractivity contribution in [2.75, 3.05) is 0 Å². The highest BCUT2D eigenvalue weighted by atomic mass is 16.1. The Morgan fingerprint density at radius 3 is 2.73 bits per heavy atom. The Morgan fingerprint density at radius 1 is 1.55 bits per heavy atom. The molecule has 0 aliphatic heterocycles. The Balaban J connectivity index is 2.29. The van der Waals surface area contributed by atoms with Crippen LogP contribution in [0.1, 0.15) is 27.2 Å². The van der Waals surface area contributed by atoms with Crippen LogP contribution in [0.3, 0.4) is 0 Å². The normalized spacial score (nSPS) is 39.5. The lowest BCUT2D eigenvalue weighted by Crippen LogP contribution is -2.09. The largest absolute Gasteiger partial charge is 0.294 e. The van der Waals surface area contributed by atoms with E-state index < -0.39 is 0 Å². The Morgan fingerprint density at radius 2 is 2.18 bits per heavy atom. The summed E-state index contributed by atoms with van der Waals surface area (Å²) in [5.41, 5.74) is 1.28. The van der Waals surface area contributed by atoms with Crippen LogP contribution in [-0.4, -0.2) is 5.78 Å². The van der Waals surface area contributed by atoms with E-state index in [4.69, 9.17) is 0 Å². The smallest absolute Gasteiger partial charge is 0.162 e. The fourth-order valence-electron chi connectivity index (χ4n) is 2.35. The van der Waals surface area contributed by atoms with Crippen molar-refractivity contribution < 1.29 is 4.79 Å². The third kappa shape index (κ3) is 0.741. The molecule has 1 nitrogen and oxygen atoms in total. The summed E-state index contributed by atoms with van der Waals surface area (Å²) in [7, 11) is 0. The first-order chi connectivity index (χ1) is 5.05. The van der Waals surface area contributed by atoms with E-state index in [1.54, 1.807) is 0 Å². The van der Waals surface area contributed by atoms with Crippen LogP contribution in [0.2, 0.25) is 0 Å². The number of ketones is 1. The molecule has 0 bridgehead atoms. The molecule has 0 unspecified atom stereocenters. The molecule has 2 aliphatic carbocycles. The maximum absolute atomic E-state index is 11.5. The second-order valence-corrected chi connectivity index (χ2v) is 4.39. The minimum atomic E-state index is 0.297. The lowest BCUT2D eigenvalue weighted by Gasteiger charge is -2.04. The number of hydrogen-bond acceptors (Lipinski definition) is 1. The Labute approximate surface area is 67.5 Å². The zero-order chi connectivity index (χ0) is 8.22. The van der Waals surface area contributed by atoms with E-state index in [9.17, 15) is 4.79 Å². The van der Waals surface area contributed by atoms with Crippen LogP contribution in [0.5, 0.6) is 0 Å². The van der Waals surface area contributed by atoms with Gasteiger partial charge in [-0.15, -0.1) is 0 Å². The van der Waals surface area contributed by atoms with Crippen LogP contribution in [0, 0.1) is 17.3 Å². The third-order valence-electron chi connectivity index (χ3n) is 3.40. The van der Waals surface area contributed by atoms with E-state index in [2.05, 4.69) is 19.9 Å². The van der Waals surface area contributed by atoms with Gasteiger partial charge in [0, 0.05) is 5.92 Å². The average molecular weight is 150 g/mol. The monoisotopic (exact) mass is 150 g/mol. The summed E-state index contributed by atoms with van der Waals surface area (Å²) >= 11 is 0. The van der Waals surface area contributed by atoms with Crippen molar-refractivity contribution in [3.63, 3.8) is 0 Å². The second kappa shape index (κ2) is 1.77. The number of rotatable bonds is 0. The van der Waals surface area contributed by atoms with Gasteiger partial charge in [-0.2, -0.15) is 0 Å². The van der Waals surface area contributed by atoms with Gasteiger partial charge in [0.2, 0.25) is 0 Å². The van der Waals surface area contributed by atoms with Crippen molar-refractivity contribution in [3.05, 3.63) is 11.6 Å². The molecular weight excluding hydrogens is 136 g/mol. The van der Waals surface area contributed by atoms with Crippen molar-refractivity contribution in [2.24, 2.45) is 17.3 Å². The van der Waals surface area contributed by atoms with Crippen LogP contribution in [0.4, 0.5) is 0 Å². The van der Waals surface area contributed by atoms with Gasteiger partial charge in [0.15, 0.2) is 5.78 Å². The Kier molecular flexibility index (Phi) is 1.14. The van der Waals surface area contributed by atoms with Crippen molar-refractivity contribution in [1.29, 1.82) is 0 Å². The van der Waals surface area contributed by atoms with Crippen LogP contribution in [0.25, 0.3) is 0 Å². The van der Waals surface area contributed by atoms with Gasteiger partial charge < -0.3 is 0 Å². The molecule has 0 N–H and O–H groups in total. The van der Waals surface area contributed by atoms with E-state index in [0.717, 1.165) is 12.0 Å². The van der Waals surface area contributed by atoms with Crippen molar-refractivity contribution in [1.82, 2.24) is 0 Å². The molecule has 0 aromatic heterocycles. The zero-order valence-electron chi connectivity index (χ0n) is 7.35. The average Bonchev–Trinajstić information content (AvgIpc) is 2.46. The predicted molar refractivity (Wildman–Crippen MR) is 44.1 cm³/mol. The van der Waals surface area contributed by atoms with Crippen LogP contribution < -0.4 is 0 Å². The van der Waals surface area contributed by atoms with Crippen LogP contribution in [0.15, 0.2) is 11.6 Å². The summed E-state index contributed by atoms with van der Waals surface area (Å²) in [5, 5.41) is 0. The lowest BCUT2D eigenvalue weighted by atomic mass is 9.99. The summed E-state index contributed by atoms with van der Waals surface area (Å²) < 4.78 is 0. The highest BCUT2D eigenvalue weighted by molar-refractivity contribution is 6.00.